The molecular formula is C21H18O. The monoisotopic (exact) mass is 286 g/mol. The van der Waals surface area contributed by atoms with Crippen molar-refractivity contribution in [1.82, 2.24) is 0 Å². The molecule has 3 aromatic rings. The Morgan fingerprint density at radius 3 is 2.41 bits per heavy atom. The van der Waals surface area contributed by atoms with Crippen LogP contribution in [-0.4, -0.2) is 0 Å². The van der Waals surface area contributed by atoms with E-state index in [0.29, 0.717) is 0 Å². The van der Waals surface area contributed by atoms with Crippen LogP contribution in [0, 0.1) is 13.8 Å². The molecule has 4 rings (SSSR count). The Bertz CT molecular complexity index is 866. The molecule has 0 aliphatic heterocycles. The molecule has 1 heteroatoms. The second-order valence-electron chi connectivity index (χ2n) is 5.95. The molecule has 1 nitrogen and oxygen atoms in total. The minimum Gasteiger partial charge on any atom is -0.462 e. The Labute approximate surface area is 130 Å². The molecule has 0 unspecified atom stereocenters. The molecule has 0 bridgehead atoms. The third kappa shape index (κ3) is 2.10. The molecular weight excluding hydrogens is 268 g/mol. The first-order valence-electron chi connectivity index (χ1n) is 7.67. The Kier molecular flexibility index (Phi) is 3.00. The summed E-state index contributed by atoms with van der Waals surface area (Å²) >= 11 is 0. The second kappa shape index (κ2) is 5.03. The average Bonchev–Trinajstić information content (AvgIpc) is 3.14. The Balaban J connectivity index is 1.87. The van der Waals surface area contributed by atoms with E-state index in [4.69, 9.17) is 4.42 Å². The maximum absolute atomic E-state index is 5.81. The SMILES string of the molecule is Cc1ccc(C2=Cc3c(ccc(C)c3-c3ccccc3)C2)o1. The van der Waals surface area contributed by atoms with Gasteiger partial charge in [0.15, 0.2) is 0 Å². The first-order valence-corrected chi connectivity index (χ1v) is 7.67. The molecule has 0 saturated heterocycles. The highest BCUT2D eigenvalue weighted by Crippen LogP contribution is 2.39. The smallest absolute Gasteiger partial charge is 0.130 e. The van der Waals surface area contributed by atoms with Gasteiger partial charge in [-0.15, -0.1) is 0 Å². The molecule has 1 aromatic heterocycles. The van der Waals surface area contributed by atoms with Gasteiger partial charge in [0.25, 0.3) is 0 Å². The van der Waals surface area contributed by atoms with Crippen LogP contribution in [-0.2, 0) is 6.42 Å². The van der Waals surface area contributed by atoms with Crippen LogP contribution in [0.3, 0.4) is 0 Å². The number of hydrogen-bond donors (Lipinski definition) is 0. The average molecular weight is 286 g/mol. The minimum absolute atomic E-state index is 0.947. The van der Waals surface area contributed by atoms with Crippen molar-refractivity contribution in [3.63, 3.8) is 0 Å². The van der Waals surface area contributed by atoms with E-state index < -0.39 is 0 Å². The first kappa shape index (κ1) is 13.1. The third-order valence-electron chi connectivity index (χ3n) is 4.36. The zero-order valence-corrected chi connectivity index (χ0v) is 12.9. The van der Waals surface area contributed by atoms with Crippen LogP contribution in [0.15, 0.2) is 59.0 Å². The summed E-state index contributed by atoms with van der Waals surface area (Å²) in [5.74, 6) is 1.96. The molecule has 22 heavy (non-hydrogen) atoms. The summed E-state index contributed by atoms with van der Waals surface area (Å²) < 4.78 is 5.81. The number of allylic oxidation sites excluding steroid dienone is 1. The van der Waals surface area contributed by atoms with Crippen LogP contribution in [0.5, 0.6) is 0 Å². The largest absolute Gasteiger partial charge is 0.462 e. The molecule has 0 saturated carbocycles. The van der Waals surface area contributed by atoms with Crippen LogP contribution >= 0.6 is 0 Å². The molecule has 1 heterocycles. The number of hydrogen-bond acceptors (Lipinski definition) is 1. The molecule has 0 radical (unpaired) electrons. The number of aryl methyl sites for hydroxylation is 2. The van der Waals surface area contributed by atoms with E-state index in [9.17, 15) is 0 Å². The van der Waals surface area contributed by atoms with Gasteiger partial charge in [-0.1, -0.05) is 42.5 Å². The summed E-state index contributed by atoms with van der Waals surface area (Å²) in [6.07, 6.45) is 3.24. The number of benzene rings is 2. The maximum atomic E-state index is 5.81. The van der Waals surface area contributed by atoms with E-state index in [2.05, 4.69) is 61.5 Å². The van der Waals surface area contributed by atoms with Gasteiger partial charge in [0.2, 0.25) is 0 Å². The van der Waals surface area contributed by atoms with Crippen LogP contribution in [0.25, 0.3) is 22.8 Å². The molecule has 1 aliphatic carbocycles. The molecule has 0 spiro atoms. The van der Waals surface area contributed by atoms with Gasteiger partial charge in [-0.2, -0.15) is 0 Å². The fourth-order valence-corrected chi connectivity index (χ4v) is 3.27. The molecule has 0 amide bonds. The molecule has 0 fully saturated rings. The van der Waals surface area contributed by atoms with E-state index in [0.717, 1.165) is 17.9 Å². The van der Waals surface area contributed by atoms with E-state index >= 15 is 0 Å². The van der Waals surface area contributed by atoms with Gasteiger partial charge >= 0.3 is 0 Å². The van der Waals surface area contributed by atoms with Crippen LogP contribution in [0.2, 0.25) is 0 Å². The molecule has 0 N–H and O–H groups in total. The summed E-state index contributed by atoms with van der Waals surface area (Å²) in [6, 6.07) is 19.2. The number of fused-ring (bicyclic) bond motifs is 1. The number of rotatable bonds is 2. The lowest BCUT2D eigenvalue weighted by Crippen LogP contribution is -1.91. The van der Waals surface area contributed by atoms with Gasteiger partial charge in [0, 0.05) is 6.42 Å². The summed E-state index contributed by atoms with van der Waals surface area (Å²) in [5.41, 5.74) is 7.94. The lowest BCUT2D eigenvalue weighted by Gasteiger charge is -2.11. The Morgan fingerprint density at radius 2 is 1.68 bits per heavy atom. The second-order valence-corrected chi connectivity index (χ2v) is 5.95. The highest BCUT2D eigenvalue weighted by atomic mass is 16.3. The predicted octanol–water partition coefficient (Wildman–Crippen LogP) is 5.66. The Hall–Kier alpha value is -2.54. The molecule has 2 aromatic carbocycles. The van der Waals surface area contributed by atoms with Gasteiger partial charge in [-0.3, -0.25) is 0 Å². The van der Waals surface area contributed by atoms with E-state index in [-0.39, 0.29) is 0 Å². The predicted molar refractivity (Wildman–Crippen MR) is 91.6 cm³/mol. The van der Waals surface area contributed by atoms with E-state index in [1.54, 1.807) is 0 Å². The van der Waals surface area contributed by atoms with Crippen molar-refractivity contribution >= 4 is 11.6 Å². The standard InChI is InChI=1S/C21H18O/c1-14-8-10-17-12-18(20-11-9-15(2)22-20)13-19(17)21(14)16-6-4-3-5-7-16/h3-11,13H,12H2,1-2H3. The van der Waals surface area contributed by atoms with Gasteiger partial charge in [0.1, 0.15) is 11.5 Å². The van der Waals surface area contributed by atoms with Gasteiger partial charge in [-0.05, 0) is 65.4 Å². The van der Waals surface area contributed by atoms with Crippen LogP contribution in [0.1, 0.15) is 28.2 Å². The van der Waals surface area contributed by atoms with Crippen molar-refractivity contribution in [2.24, 2.45) is 0 Å². The quantitative estimate of drug-likeness (QED) is 0.592. The van der Waals surface area contributed by atoms with E-state index in [1.165, 1.54) is 33.4 Å². The Morgan fingerprint density at radius 1 is 0.864 bits per heavy atom. The maximum Gasteiger partial charge on any atom is 0.130 e. The van der Waals surface area contributed by atoms with Crippen LogP contribution < -0.4 is 0 Å². The fraction of sp³-hybridized carbons (Fsp3) is 0.143. The van der Waals surface area contributed by atoms with Crippen molar-refractivity contribution in [1.29, 1.82) is 0 Å². The minimum atomic E-state index is 0.947. The van der Waals surface area contributed by atoms with Crippen molar-refractivity contribution in [3.8, 4) is 11.1 Å². The van der Waals surface area contributed by atoms with Gasteiger partial charge in [0.05, 0.1) is 0 Å². The van der Waals surface area contributed by atoms with Crippen molar-refractivity contribution < 1.29 is 4.42 Å². The molecule has 108 valence electrons. The lowest BCUT2D eigenvalue weighted by molar-refractivity contribution is 0.521. The number of furan rings is 1. The van der Waals surface area contributed by atoms with Crippen molar-refractivity contribution in [2.75, 3.05) is 0 Å². The topological polar surface area (TPSA) is 13.1 Å². The van der Waals surface area contributed by atoms with Gasteiger partial charge < -0.3 is 4.42 Å². The molecule has 0 atom stereocenters. The van der Waals surface area contributed by atoms with Crippen LogP contribution in [0.4, 0.5) is 0 Å². The lowest BCUT2D eigenvalue weighted by atomic mass is 9.93. The first-order chi connectivity index (χ1) is 10.7. The normalized spacial score (nSPS) is 13.1. The zero-order valence-electron chi connectivity index (χ0n) is 12.9. The summed E-state index contributed by atoms with van der Waals surface area (Å²) in [4.78, 5) is 0. The van der Waals surface area contributed by atoms with Crippen molar-refractivity contribution in [3.05, 3.63) is 82.8 Å². The zero-order chi connectivity index (χ0) is 15.1. The third-order valence-corrected chi connectivity index (χ3v) is 4.36. The van der Waals surface area contributed by atoms with Crippen molar-refractivity contribution in [2.45, 2.75) is 20.3 Å². The summed E-state index contributed by atoms with van der Waals surface area (Å²) in [5, 5.41) is 0. The van der Waals surface area contributed by atoms with E-state index in [1.807, 2.05) is 13.0 Å². The summed E-state index contributed by atoms with van der Waals surface area (Å²) in [7, 11) is 0. The van der Waals surface area contributed by atoms with Gasteiger partial charge in [-0.25, -0.2) is 0 Å². The fourth-order valence-electron chi connectivity index (χ4n) is 3.27. The molecule has 1 aliphatic rings. The summed E-state index contributed by atoms with van der Waals surface area (Å²) in [6.45, 7) is 4.18. The highest BCUT2D eigenvalue weighted by molar-refractivity contribution is 5.93. The highest BCUT2D eigenvalue weighted by Gasteiger charge is 2.20.